The second-order valence-electron chi connectivity index (χ2n) is 5.20. The molecule has 114 valence electrons. The van der Waals surface area contributed by atoms with Crippen molar-refractivity contribution >= 4 is 27.3 Å². The Hall–Kier alpha value is -1.89. The first-order chi connectivity index (χ1) is 9.79. The molecule has 2 rings (SSSR count). The van der Waals surface area contributed by atoms with Crippen LogP contribution in [-0.4, -0.2) is 38.8 Å². The quantitative estimate of drug-likeness (QED) is 0.875. The number of carbonyl (C=O) groups is 2. The van der Waals surface area contributed by atoms with Gasteiger partial charge in [0.15, 0.2) is 0 Å². The molecule has 0 saturated heterocycles. The number of nitrogens with zero attached hydrogens (tertiary/aromatic N) is 1. The van der Waals surface area contributed by atoms with Crippen molar-refractivity contribution in [2.45, 2.75) is 19.3 Å². The molecule has 1 aliphatic rings. The lowest BCUT2D eigenvalue weighted by Crippen LogP contribution is -2.37. The van der Waals surface area contributed by atoms with E-state index in [0.717, 1.165) is 18.2 Å². The number of hydrogen-bond donors (Lipinski definition) is 1. The number of anilines is 1. The van der Waals surface area contributed by atoms with Crippen LogP contribution in [0.15, 0.2) is 18.2 Å². The Morgan fingerprint density at radius 2 is 2.05 bits per heavy atom. The molecule has 1 aliphatic heterocycles. The molecule has 1 heterocycles. The van der Waals surface area contributed by atoms with Gasteiger partial charge in [-0.3, -0.25) is 9.59 Å². The molecule has 0 spiro atoms. The summed E-state index contributed by atoms with van der Waals surface area (Å²) < 4.78 is 22.4. The van der Waals surface area contributed by atoms with Gasteiger partial charge in [-0.15, -0.1) is 0 Å². The van der Waals surface area contributed by atoms with Crippen molar-refractivity contribution in [2.24, 2.45) is 5.73 Å². The van der Waals surface area contributed by atoms with Gasteiger partial charge in [0, 0.05) is 30.5 Å². The standard InChI is InChI=1S/C14H18N2O4S/c1-21(19,20)9-7-13(17)16-8-3-5-10-11(14(15)18)4-2-6-12(10)16/h2,4,6H,3,5,7-9H2,1H3,(H2,15,18). The number of fused-ring (bicyclic) bond motifs is 1. The first-order valence-electron chi connectivity index (χ1n) is 6.69. The van der Waals surface area contributed by atoms with Crippen molar-refractivity contribution in [1.29, 1.82) is 0 Å². The summed E-state index contributed by atoms with van der Waals surface area (Å²) in [5.41, 5.74) is 7.21. The van der Waals surface area contributed by atoms with Gasteiger partial charge in [0.25, 0.3) is 0 Å². The topological polar surface area (TPSA) is 97.5 Å². The van der Waals surface area contributed by atoms with Gasteiger partial charge in [-0.05, 0) is 30.5 Å². The first-order valence-corrected chi connectivity index (χ1v) is 8.75. The number of amides is 2. The van der Waals surface area contributed by atoms with E-state index in [1.807, 2.05) is 0 Å². The molecular formula is C14H18N2O4S. The molecule has 1 aromatic carbocycles. The van der Waals surface area contributed by atoms with Gasteiger partial charge in [0.2, 0.25) is 11.8 Å². The van der Waals surface area contributed by atoms with Gasteiger partial charge >= 0.3 is 0 Å². The van der Waals surface area contributed by atoms with Crippen LogP contribution in [0.5, 0.6) is 0 Å². The van der Waals surface area contributed by atoms with Gasteiger partial charge in [-0.1, -0.05) is 6.07 Å². The van der Waals surface area contributed by atoms with Gasteiger partial charge in [0.1, 0.15) is 9.84 Å². The molecule has 1 aromatic rings. The fourth-order valence-electron chi connectivity index (χ4n) is 2.52. The van der Waals surface area contributed by atoms with Crippen molar-refractivity contribution in [3.63, 3.8) is 0 Å². The monoisotopic (exact) mass is 310 g/mol. The third-order valence-corrected chi connectivity index (χ3v) is 4.45. The van der Waals surface area contributed by atoms with Crippen molar-refractivity contribution in [1.82, 2.24) is 0 Å². The van der Waals surface area contributed by atoms with Crippen LogP contribution >= 0.6 is 0 Å². The van der Waals surface area contributed by atoms with E-state index in [1.165, 1.54) is 0 Å². The Morgan fingerprint density at radius 1 is 1.33 bits per heavy atom. The Labute approximate surface area is 123 Å². The highest BCUT2D eigenvalue weighted by atomic mass is 32.2. The van der Waals surface area contributed by atoms with Gasteiger partial charge < -0.3 is 10.6 Å². The van der Waals surface area contributed by atoms with Crippen molar-refractivity contribution in [3.05, 3.63) is 29.3 Å². The number of rotatable bonds is 4. The van der Waals surface area contributed by atoms with Gasteiger partial charge in [-0.2, -0.15) is 0 Å². The van der Waals surface area contributed by atoms with Crippen LogP contribution in [0.25, 0.3) is 0 Å². The number of carbonyl (C=O) groups excluding carboxylic acids is 2. The molecule has 0 fully saturated rings. The van der Waals surface area contributed by atoms with Crippen LogP contribution in [-0.2, 0) is 21.1 Å². The fraction of sp³-hybridized carbons (Fsp3) is 0.429. The molecule has 0 atom stereocenters. The molecule has 21 heavy (non-hydrogen) atoms. The van der Waals surface area contributed by atoms with E-state index in [9.17, 15) is 18.0 Å². The van der Waals surface area contributed by atoms with Crippen LogP contribution < -0.4 is 10.6 Å². The van der Waals surface area contributed by atoms with E-state index >= 15 is 0 Å². The normalized spacial score (nSPS) is 14.6. The second kappa shape index (κ2) is 5.85. The maximum absolute atomic E-state index is 12.2. The first kappa shape index (κ1) is 15.5. The third-order valence-electron chi connectivity index (χ3n) is 3.50. The summed E-state index contributed by atoms with van der Waals surface area (Å²) in [7, 11) is -3.18. The second-order valence-corrected chi connectivity index (χ2v) is 7.46. The van der Waals surface area contributed by atoms with E-state index in [2.05, 4.69) is 0 Å². The molecule has 0 bridgehead atoms. The minimum atomic E-state index is -3.18. The Balaban J connectivity index is 2.28. The molecule has 2 amide bonds. The van der Waals surface area contributed by atoms with E-state index in [-0.39, 0.29) is 18.1 Å². The van der Waals surface area contributed by atoms with Crippen molar-refractivity contribution in [3.8, 4) is 0 Å². The van der Waals surface area contributed by atoms with Gasteiger partial charge in [0.05, 0.1) is 5.75 Å². The highest BCUT2D eigenvalue weighted by molar-refractivity contribution is 7.90. The number of nitrogens with two attached hydrogens (primary N) is 1. The highest BCUT2D eigenvalue weighted by Gasteiger charge is 2.25. The zero-order chi connectivity index (χ0) is 15.6. The Kier molecular flexibility index (Phi) is 4.32. The van der Waals surface area contributed by atoms with Crippen molar-refractivity contribution in [2.75, 3.05) is 23.5 Å². The number of sulfone groups is 1. The summed E-state index contributed by atoms with van der Waals surface area (Å²) in [6, 6.07) is 5.09. The molecule has 6 nitrogen and oxygen atoms in total. The maximum atomic E-state index is 12.2. The van der Waals surface area contributed by atoms with E-state index < -0.39 is 15.7 Å². The third kappa shape index (κ3) is 3.60. The Morgan fingerprint density at radius 3 is 2.67 bits per heavy atom. The zero-order valence-electron chi connectivity index (χ0n) is 11.8. The predicted molar refractivity (Wildman–Crippen MR) is 80.0 cm³/mol. The summed E-state index contributed by atoms with van der Waals surface area (Å²) in [6.07, 6.45) is 2.46. The van der Waals surface area contributed by atoms with Crippen LogP contribution in [0.1, 0.15) is 28.8 Å². The molecule has 0 saturated carbocycles. The maximum Gasteiger partial charge on any atom is 0.249 e. The van der Waals surface area contributed by atoms with Crippen molar-refractivity contribution < 1.29 is 18.0 Å². The predicted octanol–water partition coefficient (Wildman–Crippen LogP) is 0.499. The molecule has 0 aromatic heterocycles. The van der Waals surface area contributed by atoms with Crippen LogP contribution in [0, 0.1) is 0 Å². The van der Waals surface area contributed by atoms with E-state index in [0.29, 0.717) is 24.2 Å². The summed E-state index contributed by atoms with van der Waals surface area (Å²) in [5, 5.41) is 0. The van der Waals surface area contributed by atoms with Crippen LogP contribution in [0.2, 0.25) is 0 Å². The SMILES string of the molecule is CS(=O)(=O)CCC(=O)N1CCCc2c(C(N)=O)cccc21. The lowest BCUT2D eigenvalue weighted by molar-refractivity contribution is -0.118. The molecule has 0 aliphatic carbocycles. The zero-order valence-corrected chi connectivity index (χ0v) is 12.6. The lowest BCUT2D eigenvalue weighted by Gasteiger charge is -2.30. The minimum absolute atomic E-state index is 0.0565. The number of primary amides is 1. The average molecular weight is 310 g/mol. The lowest BCUT2D eigenvalue weighted by atomic mass is 9.95. The summed E-state index contributed by atoms with van der Waals surface area (Å²) in [6.45, 7) is 0.526. The molecule has 2 N–H and O–H groups in total. The fourth-order valence-corrected chi connectivity index (χ4v) is 3.07. The van der Waals surface area contributed by atoms with Crippen LogP contribution in [0.3, 0.4) is 0 Å². The highest BCUT2D eigenvalue weighted by Crippen LogP contribution is 2.30. The van der Waals surface area contributed by atoms with E-state index in [1.54, 1.807) is 23.1 Å². The van der Waals surface area contributed by atoms with Gasteiger partial charge in [-0.25, -0.2) is 8.42 Å². The summed E-state index contributed by atoms with van der Waals surface area (Å²) >= 11 is 0. The smallest absolute Gasteiger partial charge is 0.249 e. The summed E-state index contributed by atoms with van der Waals surface area (Å²) in [5.74, 6) is -0.937. The van der Waals surface area contributed by atoms with E-state index in [4.69, 9.17) is 5.73 Å². The number of benzene rings is 1. The molecule has 0 radical (unpaired) electrons. The molecule has 0 unspecified atom stereocenters. The van der Waals surface area contributed by atoms with Crippen LogP contribution in [0.4, 0.5) is 5.69 Å². The molecular weight excluding hydrogens is 292 g/mol. The average Bonchev–Trinajstić information content (AvgIpc) is 2.42. The largest absolute Gasteiger partial charge is 0.366 e. The molecule has 7 heteroatoms. The minimum Gasteiger partial charge on any atom is -0.366 e. The Bertz CT molecular complexity index is 682. The summed E-state index contributed by atoms with van der Waals surface area (Å²) in [4.78, 5) is 25.2. The number of hydrogen-bond acceptors (Lipinski definition) is 4.